The van der Waals surface area contributed by atoms with Crippen LogP contribution in [0.2, 0.25) is 0 Å². The van der Waals surface area contributed by atoms with Crippen LogP contribution < -0.4 is 0 Å². The van der Waals surface area contributed by atoms with Crippen LogP contribution in [0.15, 0.2) is 60.7 Å². The van der Waals surface area contributed by atoms with Gasteiger partial charge in [-0.1, -0.05) is 43.0 Å². The van der Waals surface area contributed by atoms with E-state index in [1.165, 1.54) is 6.07 Å². The summed E-state index contributed by atoms with van der Waals surface area (Å²) < 4.78 is 5.01. The zero-order chi connectivity index (χ0) is 16.8. The molecule has 2 aromatic carbocycles. The highest BCUT2D eigenvalue weighted by Crippen LogP contribution is 2.22. The van der Waals surface area contributed by atoms with E-state index < -0.39 is 5.97 Å². The molecule has 2 rings (SSSR count). The van der Waals surface area contributed by atoms with Crippen LogP contribution in [0.1, 0.15) is 28.4 Å². The Morgan fingerprint density at radius 2 is 1.83 bits per heavy atom. The number of esters is 1. The molecule has 1 N–H and O–H groups in total. The molecule has 0 amide bonds. The molecule has 0 spiro atoms. The number of carbonyl (C=O) groups excluding carboxylic acids is 2. The number of ether oxygens (including phenoxy) is 1. The van der Waals surface area contributed by atoms with Crippen LogP contribution >= 0.6 is 0 Å². The SMILES string of the molecule is C=C(C)C(=O)OCCc1ccc(C(=O)c2ccccc2)c(O)c1. The first-order chi connectivity index (χ1) is 11.0. The number of benzene rings is 2. The number of phenolic OH excluding ortho intramolecular Hbond substituents is 1. The molecule has 0 radical (unpaired) electrons. The van der Waals surface area contributed by atoms with Crippen molar-refractivity contribution in [1.29, 1.82) is 0 Å². The van der Waals surface area contributed by atoms with E-state index in [1.807, 2.05) is 6.07 Å². The topological polar surface area (TPSA) is 63.6 Å². The van der Waals surface area contributed by atoms with Crippen LogP contribution in [0.4, 0.5) is 0 Å². The van der Waals surface area contributed by atoms with Crippen molar-refractivity contribution in [2.45, 2.75) is 13.3 Å². The van der Waals surface area contributed by atoms with Gasteiger partial charge in [0.1, 0.15) is 5.75 Å². The van der Waals surface area contributed by atoms with E-state index in [-0.39, 0.29) is 23.7 Å². The molecule has 0 aliphatic rings. The van der Waals surface area contributed by atoms with Crippen molar-refractivity contribution in [1.82, 2.24) is 0 Å². The summed E-state index contributed by atoms with van der Waals surface area (Å²) in [6.45, 7) is 5.28. The summed E-state index contributed by atoms with van der Waals surface area (Å²) in [5.41, 5.74) is 1.89. The summed E-state index contributed by atoms with van der Waals surface area (Å²) in [5.74, 6) is -0.754. The number of rotatable bonds is 6. The number of phenols is 1. The lowest BCUT2D eigenvalue weighted by Gasteiger charge is -2.08. The van der Waals surface area contributed by atoms with E-state index >= 15 is 0 Å². The molecule has 0 aromatic heterocycles. The minimum atomic E-state index is -0.440. The molecule has 0 fully saturated rings. The standard InChI is InChI=1S/C19H18O4/c1-13(2)19(22)23-11-10-14-8-9-16(17(20)12-14)18(21)15-6-4-3-5-7-15/h3-9,12,20H,1,10-11H2,2H3. The average Bonchev–Trinajstić information content (AvgIpc) is 2.55. The summed E-state index contributed by atoms with van der Waals surface area (Å²) in [6, 6.07) is 13.6. The van der Waals surface area contributed by atoms with Crippen molar-refractivity contribution >= 4 is 11.8 Å². The molecule has 118 valence electrons. The van der Waals surface area contributed by atoms with Gasteiger partial charge in [0.2, 0.25) is 0 Å². The van der Waals surface area contributed by atoms with Gasteiger partial charge in [0.15, 0.2) is 5.78 Å². The van der Waals surface area contributed by atoms with Gasteiger partial charge in [-0.25, -0.2) is 4.79 Å². The lowest BCUT2D eigenvalue weighted by molar-refractivity contribution is -0.138. The molecule has 0 unspecified atom stereocenters. The minimum absolute atomic E-state index is 0.0809. The Kier molecular flexibility index (Phi) is 5.31. The van der Waals surface area contributed by atoms with E-state index in [0.717, 1.165) is 5.56 Å². The second kappa shape index (κ2) is 7.40. The Balaban J connectivity index is 2.05. The molecule has 0 saturated heterocycles. The highest BCUT2D eigenvalue weighted by molar-refractivity contribution is 6.10. The maximum absolute atomic E-state index is 12.3. The van der Waals surface area contributed by atoms with Crippen molar-refractivity contribution in [2.24, 2.45) is 0 Å². The average molecular weight is 310 g/mol. The zero-order valence-corrected chi connectivity index (χ0v) is 12.9. The van der Waals surface area contributed by atoms with Gasteiger partial charge in [-0.15, -0.1) is 0 Å². The molecule has 0 heterocycles. The van der Waals surface area contributed by atoms with E-state index in [4.69, 9.17) is 4.74 Å². The number of aromatic hydroxyl groups is 1. The normalized spacial score (nSPS) is 10.1. The highest BCUT2D eigenvalue weighted by atomic mass is 16.5. The molecule has 0 saturated carbocycles. The van der Waals surface area contributed by atoms with Crippen LogP contribution in [0.25, 0.3) is 0 Å². The Morgan fingerprint density at radius 1 is 1.13 bits per heavy atom. The summed E-state index contributed by atoms with van der Waals surface area (Å²) >= 11 is 0. The Bertz CT molecular complexity index is 732. The molecule has 4 heteroatoms. The monoisotopic (exact) mass is 310 g/mol. The van der Waals surface area contributed by atoms with Crippen LogP contribution in [0.5, 0.6) is 5.75 Å². The molecule has 0 atom stereocenters. The predicted molar refractivity (Wildman–Crippen MR) is 87.5 cm³/mol. The van der Waals surface area contributed by atoms with Gasteiger partial charge < -0.3 is 9.84 Å². The Morgan fingerprint density at radius 3 is 2.43 bits per heavy atom. The number of hydrogen-bond donors (Lipinski definition) is 1. The quantitative estimate of drug-likeness (QED) is 0.505. The van der Waals surface area contributed by atoms with E-state index in [2.05, 4.69) is 6.58 Å². The van der Waals surface area contributed by atoms with E-state index in [1.54, 1.807) is 43.3 Å². The fourth-order valence-electron chi connectivity index (χ4n) is 2.05. The third-order valence-corrected chi connectivity index (χ3v) is 3.32. The molecular formula is C19H18O4. The largest absolute Gasteiger partial charge is 0.507 e. The second-order valence-electron chi connectivity index (χ2n) is 5.21. The summed E-state index contributed by atoms with van der Waals surface area (Å²) in [6.07, 6.45) is 0.451. The second-order valence-corrected chi connectivity index (χ2v) is 5.21. The fourth-order valence-corrected chi connectivity index (χ4v) is 2.05. The van der Waals surface area contributed by atoms with Gasteiger partial charge in [0, 0.05) is 17.6 Å². The van der Waals surface area contributed by atoms with Crippen LogP contribution in [-0.2, 0) is 16.0 Å². The summed E-state index contributed by atoms with van der Waals surface area (Å²) in [5, 5.41) is 10.1. The van der Waals surface area contributed by atoms with Crippen LogP contribution in [0, 0.1) is 0 Å². The zero-order valence-electron chi connectivity index (χ0n) is 12.9. The molecule has 4 nitrogen and oxygen atoms in total. The predicted octanol–water partition coefficient (Wildman–Crippen LogP) is 3.29. The number of ketones is 1. The van der Waals surface area contributed by atoms with Gasteiger partial charge in [-0.3, -0.25) is 4.79 Å². The minimum Gasteiger partial charge on any atom is -0.507 e. The van der Waals surface area contributed by atoms with Crippen molar-refractivity contribution < 1.29 is 19.4 Å². The lowest BCUT2D eigenvalue weighted by atomic mass is 10.0. The fraction of sp³-hybridized carbons (Fsp3) is 0.158. The van der Waals surface area contributed by atoms with Crippen molar-refractivity contribution in [3.05, 3.63) is 77.4 Å². The van der Waals surface area contributed by atoms with E-state index in [0.29, 0.717) is 17.6 Å². The van der Waals surface area contributed by atoms with Crippen molar-refractivity contribution in [3.63, 3.8) is 0 Å². The molecular weight excluding hydrogens is 292 g/mol. The first-order valence-electron chi connectivity index (χ1n) is 7.23. The summed E-state index contributed by atoms with van der Waals surface area (Å²) in [4.78, 5) is 23.6. The molecule has 2 aromatic rings. The number of carbonyl (C=O) groups is 2. The first kappa shape index (κ1) is 16.5. The third kappa shape index (κ3) is 4.30. The molecule has 0 aliphatic carbocycles. The van der Waals surface area contributed by atoms with Gasteiger partial charge in [0.05, 0.1) is 12.2 Å². The highest BCUT2D eigenvalue weighted by Gasteiger charge is 2.13. The maximum atomic E-state index is 12.3. The van der Waals surface area contributed by atoms with Crippen LogP contribution in [0.3, 0.4) is 0 Å². The van der Waals surface area contributed by atoms with Crippen molar-refractivity contribution in [3.8, 4) is 5.75 Å². The van der Waals surface area contributed by atoms with E-state index in [9.17, 15) is 14.7 Å². The molecule has 0 aliphatic heterocycles. The van der Waals surface area contributed by atoms with Gasteiger partial charge in [-0.2, -0.15) is 0 Å². The molecule has 0 bridgehead atoms. The number of hydrogen-bond acceptors (Lipinski definition) is 4. The Hall–Kier alpha value is -2.88. The summed E-state index contributed by atoms with van der Waals surface area (Å²) in [7, 11) is 0. The van der Waals surface area contributed by atoms with Gasteiger partial charge in [-0.05, 0) is 24.6 Å². The van der Waals surface area contributed by atoms with Crippen molar-refractivity contribution in [2.75, 3.05) is 6.61 Å². The maximum Gasteiger partial charge on any atom is 0.333 e. The third-order valence-electron chi connectivity index (χ3n) is 3.32. The van der Waals surface area contributed by atoms with Gasteiger partial charge >= 0.3 is 5.97 Å². The molecule has 23 heavy (non-hydrogen) atoms. The van der Waals surface area contributed by atoms with Crippen LogP contribution in [-0.4, -0.2) is 23.5 Å². The first-order valence-corrected chi connectivity index (χ1v) is 7.23. The lowest BCUT2D eigenvalue weighted by Crippen LogP contribution is -2.08. The van der Waals surface area contributed by atoms with Gasteiger partial charge in [0.25, 0.3) is 0 Å². The smallest absolute Gasteiger partial charge is 0.333 e. The Labute approximate surface area is 135 Å².